The number of anilines is 4. The molecule has 1 saturated heterocycles. The molecule has 0 saturated carbocycles. The van der Waals surface area contributed by atoms with Crippen LogP contribution in [0, 0.1) is 5.82 Å². The Bertz CT molecular complexity index is 1010. The van der Waals surface area contributed by atoms with Gasteiger partial charge in [-0.2, -0.15) is 15.0 Å². The van der Waals surface area contributed by atoms with Crippen LogP contribution in [0.1, 0.15) is 18.8 Å². The summed E-state index contributed by atoms with van der Waals surface area (Å²) in [5.74, 6) is 1.16. The number of nitrogen functional groups attached to an aromatic ring is 1. The van der Waals surface area contributed by atoms with Gasteiger partial charge in [0, 0.05) is 20.2 Å². The second kappa shape index (κ2) is 9.14. The topological polar surface area (TPSA) is 133 Å². The number of hydrogen-bond acceptors (Lipinski definition) is 11. The molecule has 0 radical (unpaired) electrons. The second-order valence-electron chi connectivity index (χ2n) is 6.86. The van der Waals surface area contributed by atoms with Crippen LogP contribution < -0.4 is 15.5 Å². The Morgan fingerprint density at radius 3 is 2.65 bits per heavy atom. The lowest BCUT2D eigenvalue weighted by atomic mass is 10.2. The van der Waals surface area contributed by atoms with Crippen LogP contribution in [0.15, 0.2) is 24.9 Å². The van der Waals surface area contributed by atoms with Crippen LogP contribution in [0.2, 0.25) is 0 Å². The Kier molecular flexibility index (Phi) is 6.13. The van der Waals surface area contributed by atoms with Crippen molar-refractivity contribution in [2.24, 2.45) is 0 Å². The van der Waals surface area contributed by atoms with Gasteiger partial charge in [0.1, 0.15) is 6.73 Å². The highest BCUT2D eigenvalue weighted by molar-refractivity contribution is 5.56. The normalized spacial score (nSPS) is 15.1. The lowest BCUT2D eigenvalue weighted by molar-refractivity contribution is 0.122. The first-order chi connectivity index (χ1) is 15.0. The van der Waals surface area contributed by atoms with E-state index < -0.39 is 11.9 Å². The lowest BCUT2D eigenvalue weighted by Crippen LogP contribution is -2.38. The molecular weight excluding hydrogens is 407 g/mol. The van der Waals surface area contributed by atoms with Gasteiger partial charge in [-0.05, 0) is 6.92 Å². The van der Waals surface area contributed by atoms with Crippen LogP contribution in [-0.2, 0) is 16.2 Å². The Labute approximate surface area is 177 Å². The van der Waals surface area contributed by atoms with Gasteiger partial charge in [-0.25, -0.2) is 19.3 Å². The summed E-state index contributed by atoms with van der Waals surface area (Å²) < 4.78 is 25.7. The number of nitrogens with zero attached hydrogens (tertiary/aromatic N) is 9. The van der Waals surface area contributed by atoms with Crippen LogP contribution in [0.5, 0.6) is 0 Å². The number of halogens is 1. The number of ether oxygens (including phenoxy) is 2. The van der Waals surface area contributed by atoms with Crippen molar-refractivity contribution in [2.75, 3.05) is 48.9 Å². The molecule has 13 heteroatoms. The summed E-state index contributed by atoms with van der Waals surface area (Å²) in [6, 6.07) is -0.481. The monoisotopic (exact) mass is 430 g/mol. The van der Waals surface area contributed by atoms with E-state index in [1.54, 1.807) is 29.1 Å². The zero-order valence-corrected chi connectivity index (χ0v) is 17.2. The molecule has 0 amide bonds. The van der Waals surface area contributed by atoms with E-state index in [0.29, 0.717) is 50.6 Å². The van der Waals surface area contributed by atoms with E-state index in [9.17, 15) is 4.39 Å². The van der Waals surface area contributed by atoms with E-state index in [0.717, 1.165) is 12.4 Å². The Morgan fingerprint density at radius 1 is 1.19 bits per heavy atom. The minimum absolute atomic E-state index is 0.0695. The summed E-state index contributed by atoms with van der Waals surface area (Å²) >= 11 is 0. The smallest absolute Gasteiger partial charge is 0.238 e. The highest BCUT2D eigenvalue weighted by Gasteiger charge is 2.27. The highest BCUT2D eigenvalue weighted by atomic mass is 19.1. The molecule has 3 aromatic rings. The Hall–Kier alpha value is -3.45. The fourth-order valence-corrected chi connectivity index (χ4v) is 3.20. The summed E-state index contributed by atoms with van der Waals surface area (Å²) in [5.41, 5.74) is 6.02. The minimum Gasteiger partial charge on any atom is -0.378 e. The van der Waals surface area contributed by atoms with Crippen LogP contribution in [-0.4, -0.2) is 67.9 Å². The fraction of sp³-hybridized carbons (Fsp3) is 0.444. The van der Waals surface area contributed by atoms with Gasteiger partial charge < -0.3 is 24.7 Å². The van der Waals surface area contributed by atoms with E-state index >= 15 is 0 Å². The predicted molar refractivity (Wildman–Crippen MR) is 109 cm³/mol. The summed E-state index contributed by atoms with van der Waals surface area (Å²) in [7, 11) is 1.59. The maximum absolute atomic E-state index is 13.4. The van der Waals surface area contributed by atoms with Crippen molar-refractivity contribution < 1.29 is 13.9 Å². The number of aromatic nitrogens is 7. The molecule has 164 valence electrons. The van der Waals surface area contributed by atoms with Gasteiger partial charge in [-0.15, -0.1) is 0 Å². The molecule has 0 aromatic carbocycles. The van der Waals surface area contributed by atoms with Crippen molar-refractivity contribution in [3.63, 3.8) is 0 Å². The fourth-order valence-electron chi connectivity index (χ4n) is 3.20. The molecule has 1 aliphatic heterocycles. The quantitative estimate of drug-likeness (QED) is 0.573. The maximum Gasteiger partial charge on any atom is 0.238 e. The Balaban J connectivity index is 1.76. The molecule has 4 rings (SSSR count). The summed E-state index contributed by atoms with van der Waals surface area (Å²) in [5, 5.41) is 0. The first-order valence-electron chi connectivity index (χ1n) is 9.67. The standard InChI is InChI=1S/C18H23FN10O2/c1-12(15-21-7-13(19)8-22-15)29(14-9-27(10-23-14)11-30-2)18-25-16(20)24-17(26-18)28-3-5-31-6-4-28/h7-10,12H,3-6,11H2,1-2H3,(H2,20,24,25,26)/t12-/m0/s1. The number of morpholine rings is 1. The van der Waals surface area contributed by atoms with Crippen molar-refractivity contribution in [3.8, 4) is 0 Å². The largest absolute Gasteiger partial charge is 0.378 e. The summed E-state index contributed by atoms with van der Waals surface area (Å²) in [6.07, 6.45) is 5.62. The molecule has 3 aromatic heterocycles. The number of hydrogen-bond donors (Lipinski definition) is 1. The van der Waals surface area contributed by atoms with Crippen molar-refractivity contribution in [1.82, 2.24) is 34.5 Å². The number of nitrogens with two attached hydrogens (primary N) is 1. The third-order valence-electron chi connectivity index (χ3n) is 4.68. The third-order valence-corrected chi connectivity index (χ3v) is 4.68. The SMILES string of the molecule is COCn1cnc(N(c2nc(N)nc(N3CCOCC3)n2)[C@@H](C)c2ncc(F)cn2)c1. The zero-order valence-electron chi connectivity index (χ0n) is 17.2. The van der Waals surface area contributed by atoms with Gasteiger partial charge in [-0.3, -0.25) is 4.90 Å². The van der Waals surface area contributed by atoms with Gasteiger partial charge in [0.15, 0.2) is 17.5 Å². The predicted octanol–water partition coefficient (Wildman–Crippen LogP) is 0.919. The molecular formula is C18H23FN10O2. The minimum atomic E-state index is -0.522. The number of methoxy groups -OCH3 is 1. The van der Waals surface area contributed by atoms with E-state index in [4.69, 9.17) is 15.2 Å². The summed E-state index contributed by atoms with van der Waals surface area (Å²) in [6.45, 7) is 4.60. The first kappa shape index (κ1) is 20.8. The number of rotatable bonds is 7. The highest BCUT2D eigenvalue weighted by Crippen LogP contribution is 2.31. The van der Waals surface area contributed by atoms with E-state index in [1.807, 2.05) is 11.8 Å². The van der Waals surface area contributed by atoms with Gasteiger partial charge >= 0.3 is 0 Å². The van der Waals surface area contributed by atoms with Crippen LogP contribution in [0.4, 0.5) is 28.1 Å². The molecule has 0 spiro atoms. The summed E-state index contributed by atoms with van der Waals surface area (Å²) in [4.78, 5) is 29.6. The van der Waals surface area contributed by atoms with Gasteiger partial charge in [0.25, 0.3) is 0 Å². The average Bonchev–Trinajstić information content (AvgIpc) is 3.23. The molecule has 1 atom stereocenters. The van der Waals surface area contributed by atoms with Crippen molar-refractivity contribution in [1.29, 1.82) is 0 Å². The molecule has 12 nitrogen and oxygen atoms in total. The van der Waals surface area contributed by atoms with Gasteiger partial charge in [-0.1, -0.05) is 0 Å². The van der Waals surface area contributed by atoms with E-state index in [-0.39, 0.29) is 11.9 Å². The maximum atomic E-state index is 13.4. The van der Waals surface area contributed by atoms with Crippen molar-refractivity contribution >= 4 is 23.7 Å². The molecule has 4 heterocycles. The van der Waals surface area contributed by atoms with Crippen LogP contribution in [0.25, 0.3) is 0 Å². The molecule has 0 unspecified atom stereocenters. The van der Waals surface area contributed by atoms with Gasteiger partial charge in [0.2, 0.25) is 17.8 Å². The van der Waals surface area contributed by atoms with Crippen molar-refractivity contribution in [3.05, 3.63) is 36.6 Å². The molecule has 31 heavy (non-hydrogen) atoms. The van der Waals surface area contributed by atoms with Crippen molar-refractivity contribution in [2.45, 2.75) is 19.7 Å². The number of imidazole rings is 1. The molecule has 0 aliphatic carbocycles. The molecule has 2 N–H and O–H groups in total. The van der Waals surface area contributed by atoms with Gasteiger partial charge in [0.05, 0.1) is 44.2 Å². The first-order valence-corrected chi connectivity index (χ1v) is 9.67. The molecule has 1 fully saturated rings. The van der Waals surface area contributed by atoms with Crippen LogP contribution >= 0.6 is 0 Å². The zero-order chi connectivity index (χ0) is 21.8. The average molecular weight is 430 g/mol. The second-order valence-corrected chi connectivity index (χ2v) is 6.86. The lowest BCUT2D eigenvalue weighted by Gasteiger charge is -2.29. The van der Waals surface area contributed by atoms with Crippen LogP contribution in [0.3, 0.4) is 0 Å². The molecule has 0 bridgehead atoms. The van der Waals surface area contributed by atoms with E-state index in [1.165, 1.54) is 0 Å². The molecule has 1 aliphatic rings. The van der Waals surface area contributed by atoms with E-state index in [2.05, 4.69) is 29.9 Å². The third kappa shape index (κ3) is 4.67. The Morgan fingerprint density at radius 2 is 1.94 bits per heavy atom.